The van der Waals surface area contributed by atoms with Crippen molar-refractivity contribution in [1.82, 2.24) is 5.32 Å². The molecule has 0 aliphatic carbocycles. The first-order valence-corrected chi connectivity index (χ1v) is 16.0. The molecule has 2 aromatic carbocycles. The number of allylic oxidation sites excluding steroid dienone is 2. The summed E-state index contributed by atoms with van der Waals surface area (Å²) in [4.78, 5) is 52.4. The molecule has 13 heteroatoms. The Balaban J connectivity index is 1.58. The van der Waals surface area contributed by atoms with E-state index in [1.165, 1.54) is 7.11 Å². The molecule has 0 spiro atoms. The fraction of sp³-hybridized carbons (Fsp3) is 0.444. The molecule has 2 aromatic rings. The van der Waals surface area contributed by atoms with Crippen LogP contribution in [0.15, 0.2) is 79.4 Å². The van der Waals surface area contributed by atoms with Gasteiger partial charge in [-0.15, -0.1) is 6.58 Å². The van der Waals surface area contributed by atoms with Crippen molar-refractivity contribution < 1.29 is 57.1 Å². The van der Waals surface area contributed by atoms with Gasteiger partial charge < -0.3 is 43.2 Å². The fourth-order valence-corrected chi connectivity index (χ4v) is 5.15. The summed E-state index contributed by atoms with van der Waals surface area (Å²) in [5.74, 6) is -1.41. The third-order valence-corrected chi connectivity index (χ3v) is 7.72. The van der Waals surface area contributed by atoms with Gasteiger partial charge in [0.05, 0.1) is 20.3 Å². The SMILES string of the molecule is C=CCCC(=O)O[C@H]1[C@@H](OC)O[C@H](COCc2ccc(OC)cc2)[C@H]2OC(=O)C(NC(=O)OCc3ccccc3)CC=CCCC(=O)O[C@H]12. The number of alkyl carbamates (subject to hydrolysis) is 1. The second kappa shape index (κ2) is 19.3. The average Bonchev–Trinajstić information content (AvgIpc) is 3.11. The summed E-state index contributed by atoms with van der Waals surface area (Å²) in [7, 11) is 2.92. The zero-order chi connectivity index (χ0) is 35.0. The van der Waals surface area contributed by atoms with E-state index in [0.29, 0.717) is 18.6 Å². The first-order chi connectivity index (χ1) is 23.8. The summed E-state index contributed by atoms with van der Waals surface area (Å²) in [5, 5.41) is 2.57. The molecule has 1 N–H and O–H groups in total. The fourth-order valence-electron chi connectivity index (χ4n) is 5.15. The number of fused-ring (bicyclic) bond motifs is 1. The first kappa shape index (κ1) is 37.1. The van der Waals surface area contributed by atoms with E-state index in [2.05, 4.69) is 11.9 Å². The predicted octanol–water partition coefficient (Wildman–Crippen LogP) is 4.32. The first-order valence-electron chi connectivity index (χ1n) is 16.0. The minimum absolute atomic E-state index is 0.00215. The molecule has 1 amide bonds. The molecule has 13 nitrogen and oxygen atoms in total. The Morgan fingerprint density at radius 1 is 0.959 bits per heavy atom. The van der Waals surface area contributed by atoms with Crippen molar-refractivity contribution in [3.63, 3.8) is 0 Å². The van der Waals surface area contributed by atoms with Crippen LogP contribution in [0.3, 0.4) is 0 Å². The van der Waals surface area contributed by atoms with Crippen LogP contribution < -0.4 is 10.1 Å². The van der Waals surface area contributed by atoms with E-state index in [0.717, 1.165) is 11.1 Å². The lowest BCUT2D eigenvalue weighted by Gasteiger charge is -2.44. The Morgan fingerprint density at radius 3 is 2.43 bits per heavy atom. The summed E-state index contributed by atoms with van der Waals surface area (Å²) in [6.07, 6.45) is -1.47. The van der Waals surface area contributed by atoms with Gasteiger partial charge in [0, 0.05) is 20.0 Å². The zero-order valence-electron chi connectivity index (χ0n) is 27.7. The molecule has 0 bridgehead atoms. The smallest absolute Gasteiger partial charge is 0.408 e. The standard InChI is InChI=1S/C36H43NO12/c1-4-5-15-29(38)48-33-32-31(28(46-35(33)43-3)23-44-21-25-17-19-26(42-2)20-18-25)49-34(40)27(14-10-7-11-16-30(39)47-32)37-36(41)45-22-24-12-8-6-9-13-24/h4,6-10,12-13,17-20,27-28,31-33,35H,1,5,11,14-16,21-23H2,2-3H3,(H,37,41)/t27?,28-,31-,32+,33-,35+/m1/s1. The molecule has 49 heavy (non-hydrogen) atoms. The molecule has 2 aliphatic heterocycles. The number of amides is 1. The van der Waals surface area contributed by atoms with Crippen molar-refractivity contribution in [3.05, 3.63) is 90.5 Å². The molecule has 264 valence electrons. The number of hydrogen-bond acceptors (Lipinski definition) is 12. The summed E-state index contributed by atoms with van der Waals surface area (Å²) in [5.41, 5.74) is 1.60. The average molecular weight is 682 g/mol. The van der Waals surface area contributed by atoms with Gasteiger partial charge in [-0.05, 0) is 42.5 Å². The van der Waals surface area contributed by atoms with Gasteiger partial charge in [-0.1, -0.05) is 60.7 Å². The Labute approximate surface area is 285 Å². The third kappa shape index (κ3) is 11.4. The molecule has 1 saturated heterocycles. The molecule has 6 atom stereocenters. The Morgan fingerprint density at radius 2 is 1.71 bits per heavy atom. The Kier molecular flexibility index (Phi) is 14.6. The number of carbonyl (C=O) groups is 4. The normalized spacial score (nSPS) is 24.1. The monoisotopic (exact) mass is 681 g/mol. The molecule has 0 radical (unpaired) electrons. The van der Waals surface area contributed by atoms with Crippen molar-refractivity contribution in [2.24, 2.45) is 0 Å². The van der Waals surface area contributed by atoms with Gasteiger partial charge in [0.15, 0.2) is 24.6 Å². The summed E-state index contributed by atoms with van der Waals surface area (Å²) < 4.78 is 45.8. The third-order valence-electron chi connectivity index (χ3n) is 7.72. The van der Waals surface area contributed by atoms with E-state index in [-0.39, 0.29) is 39.1 Å². The lowest BCUT2D eigenvalue weighted by Crippen LogP contribution is -2.63. The van der Waals surface area contributed by atoms with Gasteiger partial charge in [0.1, 0.15) is 24.5 Å². The van der Waals surface area contributed by atoms with E-state index < -0.39 is 60.7 Å². The molecular formula is C36H43NO12. The van der Waals surface area contributed by atoms with Crippen LogP contribution in [0.2, 0.25) is 0 Å². The summed E-state index contributed by atoms with van der Waals surface area (Å²) in [6, 6.07) is 15.1. The number of nitrogens with one attached hydrogen (secondary N) is 1. The van der Waals surface area contributed by atoms with E-state index in [1.807, 2.05) is 30.3 Å². The van der Waals surface area contributed by atoms with Crippen LogP contribution in [0.4, 0.5) is 4.79 Å². The number of methoxy groups -OCH3 is 2. The van der Waals surface area contributed by atoms with Crippen molar-refractivity contribution in [1.29, 1.82) is 0 Å². The molecule has 0 saturated carbocycles. The maximum absolute atomic E-state index is 13.8. The van der Waals surface area contributed by atoms with Crippen LogP contribution in [-0.2, 0) is 60.8 Å². The van der Waals surface area contributed by atoms with Gasteiger partial charge >= 0.3 is 24.0 Å². The predicted molar refractivity (Wildman–Crippen MR) is 174 cm³/mol. The highest BCUT2D eigenvalue weighted by Crippen LogP contribution is 2.31. The number of carbonyl (C=O) groups excluding carboxylic acids is 4. The van der Waals surface area contributed by atoms with Crippen molar-refractivity contribution >= 4 is 24.0 Å². The van der Waals surface area contributed by atoms with Crippen molar-refractivity contribution in [2.75, 3.05) is 20.8 Å². The molecule has 4 rings (SSSR count). The van der Waals surface area contributed by atoms with Gasteiger partial charge in [0.25, 0.3) is 0 Å². The molecule has 2 aliphatic rings. The largest absolute Gasteiger partial charge is 0.497 e. The number of benzene rings is 2. The molecule has 2 heterocycles. The van der Waals surface area contributed by atoms with E-state index in [9.17, 15) is 19.2 Å². The van der Waals surface area contributed by atoms with E-state index in [1.54, 1.807) is 49.6 Å². The maximum Gasteiger partial charge on any atom is 0.408 e. The lowest BCUT2D eigenvalue weighted by molar-refractivity contribution is -0.305. The van der Waals surface area contributed by atoms with Crippen LogP contribution in [0, 0.1) is 0 Å². The van der Waals surface area contributed by atoms with Gasteiger partial charge in [-0.25, -0.2) is 9.59 Å². The minimum Gasteiger partial charge on any atom is -0.497 e. The highest BCUT2D eigenvalue weighted by molar-refractivity contribution is 5.82. The van der Waals surface area contributed by atoms with Gasteiger partial charge in [-0.3, -0.25) is 9.59 Å². The van der Waals surface area contributed by atoms with Gasteiger partial charge in [0.2, 0.25) is 0 Å². The Hall–Kier alpha value is -4.72. The number of ether oxygens (including phenoxy) is 8. The second-order valence-electron chi connectivity index (χ2n) is 11.3. The number of rotatable bonds is 13. The topological polar surface area (TPSA) is 154 Å². The van der Waals surface area contributed by atoms with Crippen LogP contribution in [-0.4, -0.2) is 81.6 Å². The molecular weight excluding hydrogens is 638 g/mol. The van der Waals surface area contributed by atoms with E-state index >= 15 is 0 Å². The van der Waals surface area contributed by atoms with Crippen molar-refractivity contribution in [2.45, 2.75) is 82.1 Å². The highest BCUT2D eigenvalue weighted by atomic mass is 16.7. The van der Waals surface area contributed by atoms with Crippen LogP contribution in [0.5, 0.6) is 5.75 Å². The molecule has 0 aromatic heterocycles. The summed E-state index contributed by atoms with van der Waals surface area (Å²) >= 11 is 0. The Bertz CT molecular complexity index is 1410. The quantitative estimate of drug-likeness (QED) is 0.182. The highest BCUT2D eigenvalue weighted by Gasteiger charge is 2.53. The lowest BCUT2D eigenvalue weighted by atomic mass is 9.97. The van der Waals surface area contributed by atoms with Crippen LogP contribution in [0.25, 0.3) is 0 Å². The molecule has 1 unspecified atom stereocenters. The zero-order valence-corrected chi connectivity index (χ0v) is 27.7. The van der Waals surface area contributed by atoms with Crippen molar-refractivity contribution in [3.8, 4) is 5.75 Å². The van der Waals surface area contributed by atoms with Crippen LogP contribution >= 0.6 is 0 Å². The second-order valence-corrected chi connectivity index (χ2v) is 11.3. The minimum atomic E-state index is -1.34. The summed E-state index contributed by atoms with van der Waals surface area (Å²) in [6.45, 7) is 3.65. The number of hydrogen-bond donors (Lipinski definition) is 1. The van der Waals surface area contributed by atoms with Crippen LogP contribution in [0.1, 0.15) is 43.2 Å². The molecule has 1 fully saturated rings. The van der Waals surface area contributed by atoms with Gasteiger partial charge in [-0.2, -0.15) is 0 Å². The number of esters is 3. The van der Waals surface area contributed by atoms with E-state index in [4.69, 9.17) is 37.9 Å². The maximum atomic E-state index is 13.8.